The molecule has 2 rings (SSSR count). The molecule has 0 bridgehead atoms. The van der Waals surface area contributed by atoms with E-state index in [1.165, 1.54) is 6.07 Å². The van der Waals surface area contributed by atoms with Crippen molar-refractivity contribution < 1.29 is 9.13 Å². The molecule has 60 valence electrons. The summed E-state index contributed by atoms with van der Waals surface area (Å²) in [6, 6.07) is 4.68. The second-order valence-electron chi connectivity index (χ2n) is 2.61. The summed E-state index contributed by atoms with van der Waals surface area (Å²) in [6.07, 6.45) is 0.635. The highest BCUT2D eigenvalue weighted by Gasteiger charge is 2.18. The highest BCUT2D eigenvalue weighted by molar-refractivity contribution is 5.49. The first-order valence-corrected chi connectivity index (χ1v) is 3.67. The van der Waals surface area contributed by atoms with Crippen LogP contribution in [-0.2, 0) is 6.42 Å². The van der Waals surface area contributed by atoms with E-state index in [9.17, 15) is 4.39 Å². The Morgan fingerprint density at radius 3 is 3.08 bits per heavy atom. The van der Waals surface area contributed by atoms with E-state index >= 15 is 0 Å². The van der Waals surface area contributed by atoms with Gasteiger partial charge in [0.1, 0.15) is 17.6 Å². The summed E-state index contributed by atoms with van der Waals surface area (Å²) in [7, 11) is 0. The maximum Gasteiger partial charge on any atom is 0.141 e. The topological polar surface area (TPSA) is 33.0 Å². The first-order valence-electron chi connectivity index (χ1n) is 3.67. The van der Waals surface area contributed by atoms with Crippen LogP contribution in [0.4, 0.5) is 4.39 Å². The third-order valence-corrected chi connectivity index (χ3v) is 1.94. The molecule has 0 aliphatic carbocycles. The van der Waals surface area contributed by atoms with Crippen LogP contribution in [0.1, 0.15) is 11.1 Å². The molecule has 0 radical (unpaired) electrons. The smallest absolute Gasteiger partial charge is 0.141 e. The molecule has 3 heteroatoms. The maximum atomic E-state index is 13.0. The minimum Gasteiger partial charge on any atom is -0.493 e. The minimum atomic E-state index is -0.457. The number of ether oxygens (including phenoxy) is 1. The first-order chi connectivity index (χ1) is 5.83. The van der Waals surface area contributed by atoms with Crippen LogP contribution in [-0.4, -0.2) is 6.61 Å². The number of benzene rings is 1. The number of nitrogens with zero attached hydrogens (tertiary/aromatic N) is 1. The van der Waals surface area contributed by atoms with E-state index in [1.807, 2.05) is 6.07 Å². The van der Waals surface area contributed by atoms with Crippen LogP contribution in [0.5, 0.6) is 5.75 Å². The Labute approximate surface area is 69.2 Å². The third kappa shape index (κ3) is 0.850. The molecule has 1 heterocycles. The van der Waals surface area contributed by atoms with Gasteiger partial charge in [-0.25, -0.2) is 4.39 Å². The van der Waals surface area contributed by atoms with Gasteiger partial charge in [0.15, 0.2) is 0 Å². The van der Waals surface area contributed by atoms with Gasteiger partial charge in [0.25, 0.3) is 0 Å². The lowest BCUT2D eigenvalue weighted by Gasteiger charge is -1.99. The van der Waals surface area contributed by atoms with E-state index in [0.29, 0.717) is 24.3 Å². The number of rotatable bonds is 0. The van der Waals surface area contributed by atoms with Crippen molar-refractivity contribution in [2.24, 2.45) is 0 Å². The molecule has 0 atom stereocenters. The summed E-state index contributed by atoms with van der Waals surface area (Å²) in [5.41, 5.74) is 0.836. The van der Waals surface area contributed by atoms with Crippen molar-refractivity contribution >= 4 is 0 Å². The Bertz CT molecular complexity index is 368. The van der Waals surface area contributed by atoms with Crippen molar-refractivity contribution in [1.29, 1.82) is 5.26 Å². The van der Waals surface area contributed by atoms with E-state index < -0.39 is 5.82 Å². The predicted molar refractivity (Wildman–Crippen MR) is 40.3 cm³/mol. The van der Waals surface area contributed by atoms with Crippen molar-refractivity contribution in [3.8, 4) is 11.8 Å². The number of halogens is 1. The Hall–Kier alpha value is -1.56. The van der Waals surface area contributed by atoms with Crippen LogP contribution in [0.2, 0.25) is 0 Å². The monoisotopic (exact) mass is 163 g/mol. The SMILES string of the molecule is N#Cc1c(F)ccc2c1CCO2. The second-order valence-corrected chi connectivity index (χ2v) is 2.61. The summed E-state index contributed by atoms with van der Waals surface area (Å²) >= 11 is 0. The lowest BCUT2D eigenvalue weighted by atomic mass is 10.1. The lowest BCUT2D eigenvalue weighted by molar-refractivity contribution is 0.356. The fraction of sp³-hybridized carbons (Fsp3) is 0.222. The highest BCUT2D eigenvalue weighted by atomic mass is 19.1. The van der Waals surface area contributed by atoms with Crippen LogP contribution >= 0.6 is 0 Å². The summed E-state index contributed by atoms with van der Waals surface area (Å²) in [6.45, 7) is 0.549. The molecule has 0 fully saturated rings. The normalized spacial score (nSPS) is 13.3. The maximum absolute atomic E-state index is 13.0. The van der Waals surface area contributed by atoms with Crippen LogP contribution in [0.15, 0.2) is 12.1 Å². The molecule has 0 aromatic heterocycles. The van der Waals surface area contributed by atoms with E-state index in [4.69, 9.17) is 10.00 Å². The van der Waals surface area contributed by atoms with Gasteiger partial charge in [-0.2, -0.15) is 5.26 Å². The zero-order valence-electron chi connectivity index (χ0n) is 6.30. The van der Waals surface area contributed by atoms with Gasteiger partial charge in [0.05, 0.1) is 12.2 Å². The van der Waals surface area contributed by atoms with Crippen molar-refractivity contribution in [2.45, 2.75) is 6.42 Å². The summed E-state index contributed by atoms with van der Waals surface area (Å²) < 4.78 is 18.1. The Kier molecular flexibility index (Phi) is 1.47. The standard InChI is InChI=1S/C9H6FNO/c10-8-1-2-9-6(3-4-12-9)7(8)5-11/h1-2H,3-4H2. The third-order valence-electron chi connectivity index (χ3n) is 1.94. The summed E-state index contributed by atoms with van der Waals surface area (Å²) in [4.78, 5) is 0. The minimum absolute atomic E-state index is 0.130. The van der Waals surface area contributed by atoms with Crippen molar-refractivity contribution in [3.05, 3.63) is 29.1 Å². The largest absolute Gasteiger partial charge is 0.493 e. The number of hydrogen-bond donors (Lipinski definition) is 0. The van der Waals surface area contributed by atoms with Crippen molar-refractivity contribution in [1.82, 2.24) is 0 Å². The predicted octanol–water partition coefficient (Wildman–Crippen LogP) is 1.63. The van der Waals surface area contributed by atoms with E-state index in [-0.39, 0.29) is 5.56 Å². The molecule has 0 spiro atoms. The lowest BCUT2D eigenvalue weighted by Crippen LogP contribution is -1.89. The Balaban J connectivity index is 2.67. The zero-order valence-corrected chi connectivity index (χ0v) is 6.30. The second kappa shape index (κ2) is 2.49. The van der Waals surface area contributed by atoms with Gasteiger partial charge in [0, 0.05) is 12.0 Å². The summed E-state index contributed by atoms with van der Waals surface area (Å²) in [5.74, 6) is 0.190. The van der Waals surface area contributed by atoms with Gasteiger partial charge in [-0.05, 0) is 12.1 Å². The average Bonchev–Trinajstić information content (AvgIpc) is 2.52. The van der Waals surface area contributed by atoms with Crippen molar-refractivity contribution in [2.75, 3.05) is 6.61 Å². The molecule has 0 unspecified atom stereocenters. The Morgan fingerprint density at radius 1 is 1.50 bits per heavy atom. The molecule has 2 nitrogen and oxygen atoms in total. The molecule has 0 amide bonds. The number of hydrogen-bond acceptors (Lipinski definition) is 2. The molecule has 0 saturated carbocycles. The molecule has 0 saturated heterocycles. The van der Waals surface area contributed by atoms with Gasteiger partial charge >= 0.3 is 0 Å². The molecule has 1 aliphatic rings. The van der Waals surface area contributed by atoms with Crippen LogP contribution in [0.3, 0.4) is 0 Å². The van der Waals surface area contributed by atoms with E-state index in [2.05, 4.69) is 0 Å². The zero-order chi connectivity index (χ0) is 8.55. The van der Waals surface area contributed by atoms with Gasteiger partial charge in [-0.3, -0.25) is 0 Å². The van der Waals surface area contributed by atoms with E-state index in [0.717, 1.165) is 0 Å². The van der Waals surface area contributed by atoms with Gasteiger partial charge in [-0.15, -0.1) is 0 Å². The highest BCUT2D eigenvalue weighted by Crippen LogP contribution is 2.29. The van der Waals surface area contributed by atoms with Gasteiger partial charge < -0.3 is 4.74 Å². The molecule has 12 heavy (non-hydrogen) atoms. The van der Waals surface area contributed by atoms with Crippen molar-refractivity contribution in [3.63, 3.8) is 0 Å². The van der Waals surface area contributed by atoms with Crippen LogP contribution < -0.4 is 4.74 Å². The van der Waals surface area contributed by atoms with Gasteiger partial charge in [-0.1, -0.05) is 0 Å². The number of fused-ring (bicyclic) bond motifs is 1. The van der Waals surface area contributed by atoms with Crippen LogP contribution in [0, 0.1) is 17.1 Å². The number of nitriles is 1. The average molecular weight is 163 g/mol. The quantitative estimate of drug-likeness (QED) is 0.582. The van der Waals surface area contributed by atoms with E-state index in [1.54, 1.807) is 6.07 Å². The first kappa shape index (κ1) is 7.11. The molecule has 0 N–H and O–H groups in total. The molecule has 1 aliphatic heterocycles. The van der Waals surface area contributed by atoms with Crippen LogP contribution in [0.25, 0.3) is 0 Å². The summed E-state index contributed by atoms with van der Waals surface area (Å²) in [5, 5.41) is 8.64. The molecule has 1 aromatic rings. The van der Waals surface area contributed by atoms with Gasteiger partial charge in [0.2, 0.25) is 0 Å². The molecular formula is C9H6FNO. The molecular weight excluding hydrogens is 157 g/mol. The fourth-order valence-corrected chi connectivity index (χ4v) is 1.37. The molecule has 1 aromatic carbocycles. The Morgan fingerprint density at radius 2 is 2.33 bits per heavy atom. The fourth-order valence-electron chi connectivity index (χ4n) is 1.37.